The van der Waals surface area contributed by atoms with E-state index in [0.29, 0.717) is 47.9 Å². The number of carbonyl (C=O) groups is 2. The first-order valence-corrected chi connectivity index (χ1v) is 39.9. The van der Waals surface area contributed by atoms with Gasteiger partial charge in [-0.05, 0) is 97.9 Å². The van der Waals surface area contributed by atoms with Crippen molar-refractivity contribution in [2.45, 2.75) is 337 Å². The highest BCUT2D eigenvalue weighted by Crippen LogP contribution is 2.51. The number of hydrogen-bond acceptors (Lipinski definition) is 6. The Morgan fingerprint density at radius 1 is 0.291 bits per heavy atom. The quantitative estimate of drug-likeness (QED) is 0.0414. The number of amides is 2. The van der Waals surface area contributed by atoms with Crippen LogP contribution in [-0.2, 0) is 9.59 Å². The molecule has 0 aromatic carbocycles. The van der Waals surface area contributed by atoms with Crippen LogP contribution in [0.15, 0.2) is 59.7 Å². The molecule has 0 radical (unpaired) electrons. The van der Waals surface area contributed by atoms with Crippen LogP contribution in [0.1, 0.15) is 356 Å². The summed E-state index contributed by atoms with van der Waals surface area (Å²) in [6.07, 6.45) is 55.0. The largest absolute Gasteiger partial charge is 0.306 e. The number of unbranched alkanes of at least 4 members (excludes halogenated alkanes) is 34. The van der Waals surface area contributed by atoms with Gasteiger partial charge in [-0.15, -0.1) is 45.3 Å². The molecular formula is C78H124N2O2S4. The first-order chi connectivity index (χ1) is 42.1. The predicted octanol–water partition coefficient (Wildman–Crippen LogP) is 27.0. The third-order valence-electron chi connectivity index (χ3n) is 19.0. The van der Waals surface area contributed by atoms with Gasteiger partial charge >= 0.3 is 0 Å². The van der Waals surface area contributed by atoms with Gasteiger partial charge in [0.25, 0.3) is 11.8 Å². The molecule has 4 nitrogen and oxygen atoms in total. The zero-order valence-corrected chi connectivity index (χ0v) is 59.7. The van der Waals surface area contributed by atoms with Gasteiger partial charge in [0, 0.05) is 42.4 Å². The molecule has 4 aromatic heterocycles. The van der Waals surface area contributed by atoms with Gasteiger partial charge in [-0.1, -0.05) is 299 Å². The van der Waals surface area contributed by atoms with Crippen LogP contribution in [0.3, 0.4) is 0 Å². The number of fused-ring (bicyclic) bond motifs is 1. The van der Waals surface area contributed by atoms with Gasteiger partial charge in [-0.2, -0.15) is 0 Å². The molecule has 0 spiro atoms. The highest BCUT2D eigenvalue weighted by atomic mass is 32.1. The van der Waals surface area contributed by atoms with E-state index in [1.807, 2.05) is 34.0 Å². The van der Waals surface area contributed by atoms with E-state index in [-0.39, 0.29) is 11.8 Å². The summed E-state index contributed by atoms with van der Waals surface area (Å²) >= 11 is 7.39. The Morgan fingerprint density at radius 2 is 0.512 bits per heavy atom. The summed E-state index contributed by atoms with van der Waals surface area (Å²) in [6.45, 7) is 19.7. The van der Waals surface area contributed by atoms with Gasteiger partial charge in [0.15, 0.2) is 0 Å². The van der Waals surface area contributed by atoms with E-state index in [1.54, 1.807) is 11.3 Å². The molecule has 0 N–H and O–H groups in total. The molecule has 0 saturated carbocycles. The van der Waals surface area contributed by atoms with Gasteiger partial charge in [0.1, 0.15) is 0 Å². The van der Waals surface area contributed by atoms with E-state index in [4.69, 9.17) is 0 Å². The van der Waals surface area contributed by atoms with E-state index in [0.717, 1.165) is 46.8 Å². The molecule has 0 saturated heterocycles. The Kier molecular flexibility index (Phi) is 35.6. The summed E-state index contributed by atoms with van der Waals surface area (Å²) in [7, 11) is 0. The zero-order chi connectivity index (χ0) is 61.1. The van der Waals surface area contributed by atoms with Crippen LogP contribution in [0.2, 0.25) is 0 Å². The van der Waals surface area contributed by atoms with Crippen molar-refractivity contribution < 1.29 is 9.59 Å². The van der Waals surface area contributed by atoms with Gasteiger partial charge < -0.3 is 9.80 Å². The van der Waals surface area contributed by atoms with Crippen LogP contribution in [0.25, 0.3) is 30.9 Å². The minimum absolute atomic E-state index is 0.0670. The van der Waals surface area contributed by atoms with E-state index >= 15 is 9.59 Å². The summed E-state index contributed by atoms with van der Waals surface area (Å²) < 4.78 is 0. The van der Waals surface area contributed by atoms with Crippen molar-refractivity contribution in [1.82, 2.24) is 9.80 Å². The third-order valence-corrected chi connectivity index (χ3v) is 24.3. The van der Waals surface area contributed by atoms with Crippen LogP contribution in [0.4, 0.5) is 0 Å². The van der Waals surface area contributed by atoms with Crippen molar-refractivity contribution in [3.8, 4) is 19.5 Å². The molecule has 482 valence electrons. The molecule has 86 heavy (non-hydrogen) atoms. The summed E-state index contributed by atoms with van der Waals surface area (Å²) in [6, 6.07) is 18.3. The van der Waals surface area contributed by atoms with Crippen LogP contribution < -0.4 is 0 Å². The molecule has 0 aliphatic carbocycles. The van der Waals surface area contributed by atoms with E-state index in [9.17, 15) is 0 Å². The fourth-order valence-corrected chi connectivity index (χ4v) is 17.9. The smallest absolute Gasteiger partial charge is 0.261 e. The molecule has 2 atom stereocenters. The molecule has 8 heteroatoms. The average molecular weight is 1250 g/mol. The molecule has 0 bridgehead atoms. The third kappa shape index (κ3) is 24.1. The van der Waals surface area contributed by atoms with Gasteiger partial charge in [-0.3, -0.25) is 9.59 Å². The summed E-state index contributed by atoms with van der Waals surface area (Å²) in [4.78, 5) is 46.6. The second-order valence-electron chi connectivity index (χ2n) is 27.2. The Morgan fingerprint density at radius 3 is 0.802 bits per heavy atom. The Bertz CT molecular complexity index is 2530. The lowest BCUT2D eigenvalue weighted by molar-refractivity contribution is -0.124. The number of thiophene rings is 4. The van der Waals surface area contributed by atoms with Gasteiger partial charge in [-0.25, -0.2) is 0 Å². The number of rotatable bonds is 52. The zero-order valence-electron chi connectivity index (χ0n) is 56.4. The Hall–Kier alpha value is -2.78. The molecule has 6 rings (SSSR count). The maximum absolute atomic E-state index is 16.1. The minimum atomic E-state index is 0.0670. The molecule has 2 amide bonds. The predicted molar refractivity (Wildman–Crippen MR) is 384 cm³/mol. The van der Waals surface area contributed by atoms with E-state index < -0.39 is 0 Å². The molecule has 2 unspecified atom stereocenters. The van der Waals surface area contributed by atoms with Crippen molar-refractivity contribution in [3.05, 3.63) is 79.2 Å². The fraction of sp³-hybridized carbons (Fsp3) is 0.718. The van der Waals surface area contributed by atoms with E-state index in [1.165, 1.54) is 273 Å². The maximum atomic E-state index is 16.1. The first-order valence-electron chi connectivity index (χ1n) is 36.6. The first kappa shape index (κ1) is 72.3. The highest BCUT2D eigenvalue weighted by Gasteiger charge is 2.50. The van der Waals surface area contributed by atoms with Crippen molar-refractivity contribution in [1.29, 1.82) is 0 Å². The monoisotopic (exact) mass is 1250 g/mol. The highest BCUT2D eigenvalue weighted by molar-refractivity contribution is 7.26. The average Bonchev–Trinajstić information content (AvgIpc) is 1.75. The molecule has 2 aliphatic rings. The fourth-order valence-electron chi connectivity index (χ4n) is 13.5. The second-order valence-corrected chi connectivity index (χ2v) is 31.6. The number of nitrogens with zero attached hydrogens (tertiary/aromatic N) is 2. The molecule has 4 aromatic rings. The van der Waals surface area contributed by atoms with Gasteiger partial charge in [0.05, 0.1) is 32.3 Å². The number of hydrogen-bond donors (Lipinski definition) is 0. The van der Waals surface area contributed by atoms with Crippen LogP contribution in [0, 0.1) is 11.8 Å². The van der Waals surface area contributed by atoms with Crippen molar-refractivity contribution >= 4 is 68.6 Å². The lowest BCUT2D eigenvalue weighted by atomic mass is 9.93. The second kappa shape index (κ2) is 42.3. The lowest BCUT2D eigenvalue weighted by Crippen LogP contribution is -2.34. The Balaban J connectivity index is 1.32. The van der Waals surface area contributed by atoms with Crippen molar-refractivity contribution in [2.75, 3.05) is 13.1 Å². The topological polar surface area (TPSA) is 40.6 Å². The van der Waals surface area contributed by atoms with Crippen molar-refractivity contribution in [3.63, 3.8) is 0 Å². The summed E-state index contributed by atoms with van der Waals surface area (Å²) in [5.41, 5.74) is 3.18. The Labute approximate surface area is 544 Å². The van der Waals surface area contributed by atoms with Crippen molar-refractivity contribution in [2.24, 2.45) is 11.8 Å². The van der Waals surface area contributed by atoms with Crippen LogP contribution >= 0.6 is 45.3 Å². The standard InChI is InChI=1S/C78H124N2O2S4/c1-9-13-17-21-25-29-31-34-38-42-46-50-64(47-43-39-35-28-24-20-16-12-4)60-80-76(72-58-56-70(86-72)69-55-54-68(85-69)67-53-51-65(83-67)61(5)6)74-73(77(80)81)75(71-57-52-66(84-71)62(7)8)79(78(74)82)59-63(48-44-40-36-32-27-23-19-15-11-3)49-45-41-37-33-30-26-22-18-14-10-2/h51-58,61-64H,9-50,59-60H2,1-8H3. The molecule has 2 aliphatic heterocycles. The number of carbonyl (C=O) groups excluding carboxylic acids is 2. The molecular weight excluding hydrogens is 1130 g/mol. The minimum Gasteiger partial charge on any atom is -0.306 e. The summed E-state index contributed by atoms with van der Waals surface area (Å²) in [5.74, 6) is 1.80. The van der Waals surface area contributed by atoms with Crippen LogP contribution in [-0.4, -0.2) is 34.7 Å². The SMILES string of the molecule is CCCCCCCCCCCCCC(CCCCCCCCCC)CN1C(=O)C2=C(c3ccc(C(C)C)s3)N(CC(CCCCCCCCCCC)CCCCCCCCCCCC)C(=O)C2=C1c1ccc(-c2ccc(-c3ccc(C(C)C)s3)s2)s1. The van der Waals surface area contributed by atoms with Crippen LogP contribution in [0.5, 0.6) is 0 Å². The normalized spacial score (nSPS) is 14.5. The van der Waals surface area contributed by atoms with E-state index in [2.05, 4.69) is 114 Å². The summed E-state index contributed by atoms with van der Waals surface area (Å²) in [5, 5.41) is 0. The lowest BCUT2D eigenvalue weighted by Gasteiger charge is -2.29. The molecule has 0 fully saturated rings. The molecule has 6 heterocycles. The van der Waals surface area contributed by atoms with Gasteiger partial charge in [0.2, 0.25) is 0 Å². The maximum Gasteiger partial charge on any atom is 0.261 e.